The first-order chi connectivity index (χ1) is 17.0. The standard InChI is InChI=1S/C28H34N2O6/c1-17(2)25(29-26(32)18-12-20(34-6)15-21(13-18)35-7)27(33)36-16-19(31)14-24-28(3,4)22-10-8-9-11-23(22)30(24)5/h8-15,17,25H,16H2,1-7H3,(H,29,32)/b24-14+/t25-/m0/s1. The van der Waals surface area contributed by atoms with Gasteiger partial charge >= 0.3 is 5.97 Å². The monoisotopic (exact) mass is 494 g/mol. The summed E-state index contributed by atoms with van der Waals surface area (Å²) in [4.78, 5) is 40.5. The summed E-state index contributed by atoms with van der Waals surface area (Å²) >= 11 is 0. The number of carbonyl (C=O) groups excluding carboxylic acids is 3. The average Bonchev–Trinajstić information content (AvgIpc) is 3.05. The summed E-state index contributed by atoms with van der Waals surface area (Å²) in [6, 6.07) is 11.8. The Morgan fingerprint density at radius 3 is 2.19 bits per heavy atom. The van der Waals surface area contributed by atoms with Gasteiger partial charge in [0.2, 0.25) is 0 Å². The molecule has 2 aromatic carbocycles. The van der Waals surface area contributed by atoms with Crippen molar-refractivity contribution >= 4 is 23.3 Å². The normalized spacial score (nSPS) is 15.9. The highest BCUT2D eigenvalue weighted by atomic mass is 16.5. The number of amides is 1. The van der Waals surface area contributed by atoms with Gasteiger partial charge in [-0.1, -0.05) is 45.9 Å². The Morgan fingerprint density at radius 2 is 1.64 bits per heavy atom. The van der Waals surface area contributed by atoms with Gasteiger partial charge in [-0.15, -0.1) is 0 Å². The van der Waals surface area contributed by atoms with E-state index in [1.807, 2.05) is 36.2 Å². The number of hydrogen-bond donors (Lipinski definition) is 1. The summed E-state index contributed by atoms with van der Waals surface area (Å²) in [5.74, 6) is -0.868. The molecule has 36 heavy (non-hydrogen) atoms. The molecule has 8 heteroatoms. The number of hydrogen-bond acceptors (Lipinski definition) is 7. The first-order valence-corrected chi connectivity index (χ1v) is 11.8. The molecule has 0 unspecified atom stereocenters. The summed E-state index contributed by atoms with van der Waals surface area (Å²) in [6.07, 6.45) is 1.53. The topological polar surface area (TPSA) is 94.2 Å². The van der Waals surface area contributed by atoms with Crippen molar-refractivity contribution in [2.75, 3.05) is 32.8 Å². The molecule has 3 rings (SSSR count). The van der Waals surface area contributed by atoms with E-state index in [-0.39, 0.29) is 22.7 Å². The maximum Gasteiger partial charge on any atom is 0.329 e. The number of ether oxygens (including phenoxy) is 3. The average molecular weight is 495 g/mol. The number of carbonyl (C=O) groups is 3. The number of likely N-dealkylation sites (N-methyl/N-ethyl adjacent to an activating group) is 1. The molecule has 8 nitrogen and oxygen atoms in total. The van der Waals surface area contributed by atoms with Crippen LogP contribution in [0.25, 0.3) is 0 Å². The maximum absolute atomic E-state index is 12.9. The molecule has 1 aliphatic rings. The summed E-state index contributed by atoms with van der Waals surface area (Å²) in [5, 5.41) is 2.70. The summed E-state index contributed by atoms with van der Waals surface area (Å²) in [7, 11) is 4.89. The second-order valence-electron chi connectivity index (χ2n) is 9.60. The van der Waals surface area contributed by atoms with Gasteiger partial charge in [-0.25, -0.2) is 4.79 Å². The molecule has 1 aliphatic heterocycles. The second-order valence-corrected chi connectivity index (χ2v) is 9.60. The van der Waals surface area contributed by atoms with Crippen molar-refractivity contribution in [3.8, 4) is 11.5 Å². The number of rotatable bonds is 9. The number of anilines is 1. The fourth-order valence-electron chi connectivity index (χ4n) is 4.35. The Kier molecular flexibility index (Phi) is 8.07. The fraction of sp³-hybridized carbons (Fsp3) is 0.393. The van der Waals surface area contributed by atoms with E-state index >= 15 is 0 Å². The van der Waals surface area contributed by atoms with Crippen molar-refractivity contribution < 1.29 is 28.6 Å². The SMILES string of the molecule is COc1cc(OC)cc(C(=O)N[C@H](C(=O)OCC(=O)/C=C2/N(C)c3ccccc3C2(C)C)C(C)C)c1. The van der Waals surface area contributed by atoms with Gasteiger partial charge in [0.25, 0.3) is 5.91 Å². The van der Waals surface area contributed by atoms with Gasteiger partial charge < -0.3 is 24.4 Å². The molecule has 0 radical (unpaired) electrons. The number of nitrogens with zero attached hydrogens (tertiary/aromatic N) is 1. The van der Waals surface area contributed by atoms with E-state index in [0.29, 0.717) is 11.5 Å². The third-order valence-electron chi connectivity index (χ3n) is 6.42. The molecule has 0 bridgehead atoms. The Labute approximate surface area is 212 Å². The fourth-order valence-corrected chi connectivity index (χ4v) is 4.35. The summed E-state index contributed by atoms with van der Waals surface area (Å²) in [5.41, 5.74) is 2.90. The molecule has 1 N–H and O–H groups in total. The van der Waals surface area contributed by atoms with Crippen LogP contribution < -0.4 is 19.7 Å². The van der Waals surface area contributed by atoms with Gasteiger partial charge in [0, 0.05) is 41.6 Å². The lowest BCUT2D eigenvalue weighted by Crippen LogP contribution is -2.45. The zero-order valence-corrected chi connectivity index (χ0v) is 21.9. The second kappa shape index (κ2) is 10.8. The molecule has 0 aromatic heterocycles. The van der Waals surface area contributed by atoms with Crippen LogP contribution in [0.5, 0.6) is 11.5 Å². The maximum atomic E-state index is 12.9. The van der Waals surface area contributed by atoms with Crippen LogP contribution in [0.1, 0.15) is 43.6 Å². The molecule has 1 amide bonds. The number of nitrogens with one attached hydrogen (secondary N) is 1. The van der Waals surface area contributed by atoms with Crippen molar-refractivity contribution in [3.63, 3.8) is 0 Å². The van der Waals surface area contributed by atoms with E-state index in [1.54, 1.807) is 32.0 Å². The molecule has 0 saturated heterocycles. The van der Waals surface area contributed by atoms with Gasteiger partial charge in [0.15, 0.2) is 12.4 Å². The van der Waals surface area contributed by atoms with Gasteiger partial charge in [-0.05, 0) is 29.7 Å². The Morgan fingerprint density at radius 1 is 1.03 bits per heavy atom. The van der Waals surface area contributed by atoms with Crippen LogP contribution in [0.15, 0.2) is 54.2 Å². The molecule has 0 fully saturated rings. The van der Waals surface area contributed by atoms with Gasteiger partial charge in [0.1, 0.15) is 17.5 Å². The smallest absolute Gasteiger partial charge is 0.329 e. The van der Waals surface area contributed by atoms with Crippen molar-refractivity contribution in [2.45, 2.75) is 39.2 Å². The van der Waals surface area contributed by atoms with Crippen LogP contribution in [-0.4, -0.2) is 51.6 Å². The molecule has 0 aliphatic carbocycles. The quantitative estimate of drug-likeness (QED) is 0.418. The molecular formula is C28H34N2O6. The Hall–Kier alpha value is -3.81. The van der Waals surface area contributed by atoms with Crippen molar-refractivity contribution in [2.24, 2.45) is 5.92 Å². The van der Waals surface area contributed by atoms with Crippen LogP contribution >= 0.6 is 0 Å². The van der Waals surface area contributed by atoms with Crippen LogP contribution in [0.2, 0.25) is 0 Å². The van der Waals surface area contributed by atoms with E-state index < -0.39 is 24.5 Å². The number of benzene rings is 2. The third kappa shape index (κ3) is 5.53. The number of fused-ring (bicyclic) bond motifs is 1. The van der Waals surface area contributed by atoms with E-state index in [4.69, 9.17) is 14.2 Å². The number of esters is 1. The number of ketones is 1. The van der Waals surface area contributed by atoms with Crippen LogP contribution in [0.3, 0.4) is 0 Å². The highest BCUT2D eigenvalue weighted by Crippen LogP contribution is 2.46. The lowest BCUT2D eigenvalue weighted by atomic mass is 9.83. The largest absolute Gasteiger partial charge is 0.497 e. The van der Waals surface area contributed by atoms with E-state index in [9.17, 15) is 14.4 Å². The number of para-hydroxylation sites is 1. The minimum absolute atomic E-state index is 0.267. The summed E-state index contributed by atoms with van der Waals surface area (Å²) in [6.45, 7) is 7.26. The summed E-state index contributed by atoms with van der Waals surface area (Å²) < 4.78 is 15.8. The lowest BCUT2D eigenvalue weighted by molar-refractivity contribution is -0.150. The van der Waals surface area contributed by atoms with Gasteiger partial charge in [0.05, 0.1) is 14.2 Å². The van der Waals surface area contributed by atoms with E-state index in [2.05, 4.69) is 19.2 Å². The molecule has 0 saturated carbocycles. The minimum atomic E-state index is -0.940. The first kappa shape index (κ1) is 26.8. The van der Waals surface area contributed by atoms with Crippen molar-refractivity contribution in [1.29, 1.82) is 0 Å². The van der Waals surface area contributed by atoms with Crippen LogP contribution in [-0.2, 0) is 19.7 Å². The van der Waals surface area contributed by atoms with Gasteiger partial charge in [-0.3, -0.25) is 9.59 Å². The third-order valence-corrected chi connectivity index (χ3v) is 6.42. The molecule has 1 heterocycles. The van der Waals surface area contributed by atoms with Crippen molar-refractivity contribution in [1.82, 2.24) is 5.32 Å². The Balaban J connectivity index is 1.68. The van der Waals surface area contributed by atoms with Gasteiger partial charge in [-0.2, -0.15) is 0 Å². The Bertz CT molecular complexity index is 1160. The zero-order chi connectivity index (χ0) is 26.6. The molecular weight excluding hydrogens is 460 g/mol. The molecule has 0 spiro atoms. The predicted molar refractivity (Wildman–Crippen MR) is 138 cm³/mol. The minimum Gasteiger partial charge on any atom is -0.497 e. The first-order valence-electron chi connectivity index (χ1n) is 11.8. The predicted octanol–water partition coefficient (Wildman–Crippen LogP) is 3.88. The van der Waals surface area contributed by atoms with Crippen LogP contribution in [0.4, 0.5) is 5.69 Å². The molecule has 2 aromatic rings. The van der Waals surface area contributed by atoms with Crippen molar-refractivity contribution in [3.05, 3.63) is 65.4 Å². The number of methoxy groups -OCH3 is 2. The molecule has 192 valence electrons. The van der Waals surface area contributed by atoms with Crippen LogP contribution in [0, 0.1) is 5.92 Å². The highest BCUT2D eigenvalue weighted by Gasteiger charge is 2.38. The highest BCUT2D eigenvalue weighted by molar-refractivity contribution is 5.98. The molecule has 1 atom stereocenters. The zero-order valence-electron chi connectivity index (χ0n) is 21.9. The van der Waals surface area contributed by atoms with E-state index in [0.717, 1.165) is 16.9 Å². The lowest BCUT2D eigenvalue weighted by Gasteiger charge is -2.24. The van der Waals surface area contributed by atoms with E-state index in [1.165, 1.54) is 20.3 Å². The number of allylic oxidation sites excluding steroid dienone is 1.